The van der Waals surface area contributed by atoms with E-state index in [1.165, 1.54) is 0 Å². The zero-order valence-electron chi connectivity index (χ0n) is 13.7. The van der Waals surface area contributed by atoms with E-state index < -0.39 is 0 Å². The maximum atomic E-state index is 12.5. The van der Waals surface area contributed by atoms with Crippen LogP contribution in [0.15, 0.2) is 24.3 Å². The number of hydrogen-bond donors (Lipinski definition) is 0. The smallest absolute Gasteiger partial charge is 0.245 e. The number of hydrogen-bond acceptors (Lipinski definition) is 3. The van der Waals surface area contributed by atoms with Crippen molar-refractivity contribution in [2.24, 2.45) is 5.92 Å². The third-order valence-electron chi connectivity index (χ3n) is 3.88. The minimum absolute atomic E-state index is 0.0102. The fraction of sp³-hybridized carbons (Fsp3) is 0.529. The number of rotatable bonds is 5. The number of carbonyl (C=O) groups is 2. The van der Waals surface area contributed by atoms with Gasteiger partial charge < -0.3 is 14.5 Å². The molecule has 120 valence electrons. The van der Waals surface area contributed by atoms with Crippen LogP contribution in [-0.4, -0.2) is 47.9 Å². The quantitative estimate of drug-likeness (QED) is 0.835. The van der Waals surface area contributed by atoms with Crippen LogP contribution in [-0.2, 0) is 16.1 Å². The van der Waals surface area contributed by atoms with E-state index >= 15 is 0 Å². The van der Waals surface area contributed by atoms with Gasteiger partial charge in [-0.3, -0.25) is 9.59 Å². The SMILES string of the molecule is COc1ccc(CN2CC(=O)N(CC(C)C)[C@@H](C)C2=O)cc1. The molecule has 0 spiro atoms. The van der Waals surface area contributed by atoms with Crippen LogP contribution < -0.4 is 4.74 Å². The van der Waals surface area contributed by atoms with E-state index in [0.29, 0.717) is 19.0 Å². The lowest BCUT2D eigenvalue weighted by Gasteiger charge is -2.39. The van der Waals surface area contributed by atoms with Crippen molar-refractivity contribution in [3.63, 3.8) is 0 Å². The highest BCUT2D eigenvalue weighted by Crippen LogP contribution is 2.18. The van der Waals surface area contributed by atoms with Crippen molar-refractivity contribution in [1.29, 1.82) is 0 Å². The van der Waals surface area contributed by atoms with Crippen LogP contribution in [0.5, 0.6) is 5.75 Å². The summed E-state index contributed by atoms with van der Waals surface area (Å²) in [5.74, 6) is 1.17. The van der Waals surface area contributed by atoms with Gasteiger partial charge in [0, 0.05) is 13.1 Å². The monoisotopic (exact) mass is 304 g/mol. The van der Waals surface area contributed by atoms with Crippen LogP contribution in [0.2, 0.25) is 0 Å². The Morgan fingerprint density at radius 2 is 1.86 bits per heavy atom. The summed E-state index contributed by atoms with van der Waals surface area (Å²) in [5, 5.41) is 0. The zero-order valence-corrected chi connectivity index (χ0v) is 13.7. The number of nitrogens with zero attached hydrogens (tertiary/aromatic N) is 2. The van der Waals surface area contributed by atoms with E-state index in [-0.39, 0.29) is 24.4 Å². The van der Waals surface area contributed by atoms with Gasteiger partial charge in [-0.2, -0.15) is 0 Å². The standard InChI is InChI=1S/C17H24N2O3/c1-12(2)9-19-13(3)17(21)18(11-16(19)20)10-14-5-7-15(22-4)8-6-14/h5-8,12-13H,9-11H2,1-4H3/t13-/m0/s1. The second-order valence-corrected chi connectivity index (χ2v) is 6.16. The summed E-state index contributed by atoms with van der Waals surface area (Å²) in [4.78, 5) is 28.1. The van der Waals surface area contributed by atoms with Crippen LogP contribution in [0.25, 0.3) is 0 Å². The second kappa shape index (κ2) is 6.81. The van der Waals surface area contributed by atoms with Gasteiger partial charge in [-0.1, -0.05) is 26.0 Å². The normalized spacial score (nSPS) is 19.0. The molecule has 1 aliphatic heterocycles. The summed E-state index contributed by atoms with van der Waals surface area (Å²) >= 11 is 0. The number of benzene rings is 1. The lowest BCUT2D eigenvalue weighted by Crippen LogP contribution is -2.59. The minimum atomic E-state index is -0.387. The van der Waals surface area contributed by atoms with Gasteiger partial charge in [-0.05, 0) is 30.5 Å². The lowest BCUT2D eigenvalue weighted by molar-refractivity contribution is -0.156. The van der Waals surface area contributed by atoms with E-state index in [4.69, 9.17) is 4.74 Å². The predicted molar refractivity (Wildman–Crippen MR) is 84.4 cm³/mol. The van der Waals surface area contributed by atoms with Gasteiger partial charge >= 0.3 is 0 Å². The molecule has 1 fully saturated rings. The summed E-state index contributed by atoms with van der Waals surface area (Å²) < 4.78 is 5.12. The van der Waals surface area contributed by atoms with Crippen molar-refractivity contribution < 1.29 is 14.3 Å². The molecule has 0 radical (unpaired) electrons. The molecule has 1 heterocycles. The molecule has 0 unspecified atom stereocenters. The Morgan fingerprint density at radius 3 is 2.41 bits per heavy atom. The first-order valence-corrected chi connectivity index (χ1v) is 7.63. The second-order valence-electron chi connectivity index (χ2n) is 6.16. The molecular weight excluding hydrogens is 280 g/mol. The maximum absolute atomic E-state index is 12.5. The topological polar surface area (TPSA) is 49.9 Å². The molecule has 1 aliphatic rings. The molecule has 1 saturated heterocycles. The predicted octanol–water partition coefficient (Wildman–Crippen LogP) is 1.91. The van der Waals surface area contributed by atoms with Crippen molar-refractivity contribution in [1.82, 2.24) is 9.80 Å². The molecule has 0 bridgehead atoms. The highest BCUT2D eigenvalue weighted by atomic mass is 16.5. The third kappa shape index (κ3) is 3.59. The average Bonchev–Trinajstić information content (AvgIpc) is 2.49. The van der Waals surface area contributed by atoms with E-state index in [1.807, 2.05) is 45.0 Å². The van der Waals surface area contributed by atoms with Crippen LogP contribution >= 0.6 is 0 Å². The largest absolute Gasteiger partial charge is 0.497 e. The summed E-state index contributed by atoms with van der Waals surface area (Å²) in [5.41, 5.74) is 0.992. The average molecular weight is 304 g/mol. The molecule has 1 aromatic rings. The molecule has 0 aliphatic carbocycles. The van der Waals surface area contributed by atoms with Gasteiger partial charge in [-0.25, -0.2) is 0 Å². The lowest BCUT2D eigenvalue weighted by atomic mass is 10.1. The van der Waals surface area contributed by atoms with Crippen LogP contribution in [0.1, 0.15) is 26.3 Å². The summed E-state index contributed by atoms with van der Waals surface area (Å²) in [6, 6.07) is 7.17. The Balaban J connectivity index is 2.06. The molecule has 0 saturated carbocycles. The molecule has 5 heteroatoms. The highest BCUT2D eigenvalue weighted by Gasteiger charge is 2.36. The molecule has 1 aromatic carbocycles. The molecular formula is C17H24N2O3. The fourth-order valence-electron chi connectivity index (χ4n) is 2.68. The molecule has 22 heavy (non-hydrogen) atoms. The zero-order chi connectivity index (χ0) is 16.3. The van der Waals surface area contributed by atoms with Gasteiger partial charge in [-0.15, -0.1) is 0 Å². The summed E-state index contributed by atoms with van der Waals surface area (Å²) in [6.07, 6.45) is 0. The first kappa shape index (κ1) is 16.3. The highest BCUT2D eigenvalue weighted by molar-refractivity contribution is 5.94. The Bertz CT molecular complexity index is 539. The van der Waals surface area contributed by atoms with E-state index in [2.05, 4.69) is 0 Å². The number of carbonyl (C=O) groups excluding carboxylic acids is 2. The van der Waals surface area contributed by atoms with Crippen molar-refractivity contribution in [3.05, 3.63) is 29.8 Å². The molecule has 2 rings (SSSR count). The van der Waals surface area contributed by atoms with E-state index in [9.17, 15) is 9.59 Å². The van der Waals surface area contributed by atoms with Crippen molar-refractivity contribution in [2.75, 3.05) is 20.2 Å². The van der Waals surface area contributed by atoms with Crippen LogP contribution in [0.3, 0.4) is 0 Å². The summed E-state index contributed by atoms with van der Waals surface area (Å²) in [6.45, 7) is 7.14. The molecule has 5 nitrogen and oxygen atoms in total. The van der Waals surface area contributed by atoms with Crippen molar-refractivity contribution in [3.8, 4) is 5.75 Å². The fourth-order valence-corrected chi connectivity index (χ4v) is 2.68. The Morgan fingerprint density at radius 1 is 1.23 bits per heavy atom. The molecule has 0 N–H and O–H groups in total. The number of methoxy groups -OCH3 is 1. The van der Waals surface area contributed by atoms with Crippen LogP contribution in [0.4, 0.5) is 0 Å². The van der Waals surface area contributed by atoms with E-state index in [0.717, 1.165) is 11.3 Å². The Hall–Kier alpha value is -2.04. The Labute approximate surface area is 131 Å². The van der Waals surface area contributed by atoms with Gasteiger partial charge in [0.25, 0.3) is 0 Å². The van der Waals surface area contributed by atoms with Crippen LogP contribution in [0, 0.1) is 5.92 Å². The van der Waals surface area contributed by atoms with Gasteiger partial charge in [0.1, 0.15) is 18.3 Å². The molecule has 2 amide bonds. The minimum Gasteiger partial charge on any atom is -0.497 e. The summed E-state index contributed by atoms with van der Waals surface area (Å²) in [7, 11) is 1.62. The third-order valence-corrected chi connectivity index (χ3v) is 3.88. The molecule has 0 aromatic heterocycles. The number of ether oxygens (including phenoxy) is 1. The van der Waals surface area contributed by atoms with Gasteiger partial charge in [0.15, 0.2) is 0 Å². The van der Waals surface area contributed by atoms with Crippen molar-refractivity contribution in [2.45, 2.75) is 33.4 Å². The van der Waals surface area contributed by atoms with E-state index in [1.54, 1.807) is 16.9 Å². The number of piperazine rings is 1. The number of amides is 2. The van der Waals surface area contributed by atoms with Gasteiger partial charge in [0.05, 0.1) is 7.11 Å². The first-order chi connectivity index (χ1) is 10.4. The van der Waals surface area contributed by atoms with Crippen molar-refractivity contribution >= 4 is 11.8 Å². The first-order valence-electron chi connectivity index (χ1n) is 7.63. The molecule has 1 atom stereocenters. The van der Waals surface area contributed by atoms with Gasteiger partial charge in [0.2, 0.25) is 11.8 Å². The Kier molecular flexibility index (Phi) is 5.06. The maximum Gasteiger partial charge on any atom is 0.245 e.